The monoisotopic (exact) mass is 330 g/mol. The number of anilines is 1. The fourth-order valence-electron chi connectivity index (χ4n) is 2.14. The van der Waals surface area contributed by atoms with Gasteiger partial charge in [-0.25, -0.2) is 13.1 Å². The van der Waals surface area contributed by atoms with Gasteiger partial charge in [0.15, 0.2) is 0 Å². The van der Waals surface area contributed by atoms with Crippen LogP contribution in [0.25, 0.3) is 0 Å². The van der Waals surface area contributed by atoms with Crippen molar-refractivity contribution in [1.82, 2.24) is 4.72 Å². The SMILES string of the molecule is COCCS(=O)(=O)NC[C@@H](c1ccc(N(C)C)cc1)[NH+](C)C. The summed E-state index contributed by atoms with van der Waals surface area (Å²) in [4.78, 5) is 3.21. The number of hydrogen-bond donors (Lipinski definition) is 2. The Kier molecular flexibility index (Phi) is 7.28. The molecule has 2 N–H and O–H groups in total. The van der Waals surface area contributed by atoms with Crippen molar-refractivity contribution >= 4 is 15.7 Å². The molecule has 1 atom stereocenters. The Bertz CT molecular complexity index is 542. The third kappa shape index (κ3) is 5.92. The molecule has 7 heteroatoms. The average Bonchev–Trinajstić information content (AvgIpc) is 2.45. The van der Waals surface area contributed by atoms with Gasteiger partial charge in [0, 0.05) is 32.5 Å². The predicted octanol–water partition coefficient (Wildman–Crippen LogP) is -0.496. The lowest BCUT2D eigenvalue weighted by molar-refractivity contribution is -0.890. The molecule has 0 aliphatic carbocycles. The number of hydrogen-bond acceptors (Lipinski definition) is 4. The van der Waals surface area contributed by atoms with E-state index in [1.165, 1.54) is 12.0 Å². The normalized spacial score (nSPS) is 13.4. The average molecular weight is 330 g/mol. The van der Waals surface area contributed by atoms with Crippen LogP contribution in [0.4, 0.5) is 5.69 Å². The molecule has 0 amide bonds. The number of nitrogens with zero attached hydrogens (tertiary/aromatic N) is 1. The molecule has 0 saturated carbocycles. The molecule has 0 aliphatic heterocycles. The Morgan fingerprint density at radius 2 is 1.82 bits per heavy atom. The second-order valence-electron chi connectivity index (χ2n) is 5.78. The van der Waals surface area contributed by atoms with Gasteiger partial charge in [-0.3, -0.25) is 0 Å². The van der Waals surface area contributed by atoms with Crippen LogP contribution in [-0.2, 0) is 14.8 Å². The van der Waals surface area contributed by atoms with Gasteiger partial charge >= 0.3 is 0 Å². The van der Waals surface area contributed by atoms with Crippen LogP contribution in [0.2, 0.25) is 0 Å². The lowest BCUT2D eigenvalue weighted by Gasteiger charge is -2.23. The summed E-state index contributed by atoms with van der Waals surface area (Å²) in [7, 11) is 6.23. The molecule has 1 aromatic carbocycles. The second kappa shape index (κ2) is 8.47. The zero-order valence-electron chi connectivity index (χ0n) is 14.1. The smallest absolute Gasteiger partial charge is 0.214 e. The number of methoxy groups -OCH3 is 1. The van der Waals surface area contributed by atoms with Gasteiger partial charge in [0.1, 0.15) is 6.04 Å². The molecule has 126 valence electrons. The first-order chi connectivity index (χ1) is 10.3. The molecule has 0 radical (unpaired) electrons. The van der Waals surface area contributed by atoms with E-state index in [2.05, 4.69) is 16.9 Å². The molecule has 22 heavy (non-hydrogen) atoms. The molecule has 1 rings (SSSR count). The minimum atomic E-state index is -3.30. The number of ether oxygens (including phenoxy) is 1. The highest BCUT2D eigenvalue weighted by Gasteiger charge is 2.21. The zero-order valence-corrected chi connectivity index (χ0v) is 14.9. The van der Waals surface area contributed by atoms with Crippen LogP contribution in [-0.4, -0.2) is 62.6 Å². The Balaban J connectivity index is 2.78. The third-order valence-electron chi connectivity index (χ3n) is 3.57. The summed E-state index contributed by atoms with van der Waals surface area (Å²) in [5, 5.41) is 0. The molecule has 0 unspecified atom stereocenters. The number of likely N-dealkylation sites (N-methyl/N-ethyl adjacent to an activating group) is 1. The van der Waals surface area contributed by atoms with Crippen LogP contribution >= 0.6 is 0 Å². The first kappa shape index (κ1) is 18.9. The summed E-state index contributed by atoms with van der Waals surface area (Å²) in [6.45, 7) is 0.571. The van der Waals surface area contributed by atoms with Crippen molar-refractivity contribution in [1.29, 1.82) is 0 Å². The fraction of sp³-hybridized carbons (Fsp3) is 0.600. The van der Waals surface area contributed by atoms with Gasteiger partial charge in [-0.15, -0.1) is 0 Å². The lowest BCUT2D eigenvalue weighted by atomic mass is 10.1. The Hall–Kier alpha value is -1.15. The highest BCUT2D eigenvalue weighted by atomic mass is 32.2. The minimum Gasteiger partial charge on any atom is -0.384 e. The largest absolute Gasteiger partial charge is 0.384 e. The maximum atomic E-state index is 11.9. The van der Waals surface area contributed by atoms with Gasteiger partial charge < -0.3 is 14.5 Å². The van der Waals surface area contributed by atoms with Crippen molar-refractivity contribution in [2.45, 2.75) is 6.04 Å². The molecule has 0 spiro atoms. The molecular weight excluding hydrogens is 302 g/mol. The van der Waals surface area contributed by atoms with Gasteiger partial charge in [0.2, 0.25) is 10.0 Å². The highest BCUT2D eigenvalue weighted by Crippen LogP contribution is 2.16. The standard InChI is InChI=1S/C15H27N3O3S/c1-17(2)14-8-6-13(7-9-14)15(18(3)4)12-16-22(19,20)11-10-21-5/h6-9,15-16H,10-12H2,1-5H3/p+1/t15-/m0/s1. The minimum absolute atomic E-state index is 0.0153. The molecule has 1 aromatic rings. The van der Waals surface area contributed by atoms with E-state index in [0.29, 0.717) is 6.54 Å². The predicted molar refractivity (Wildman–Crippen MR) is 90.0 cm³/mol. The van der Waals surface area contributed by atoms with Crippen LogP contribution < -0.4 is 14.5 Å². The Morgan fingerprint density at radius 1 is 1.23 bits per heavy atom. The zero-order chi connectivity index (χ0) is 16.8. The summed E-state index contributed by atoms with van der Waals surface area (Å²) >= 11 is 0. The van der Waals surface area contributed by atoms with Crippen molar-refractivity contribution in [2.24, 2.45) is 0 Å². The summed E-state index contributed by atoms with van der Waals surface area (Å²) in [6, 6.07) is 8.26. The number of quaternary nitrogens is 1. The van der Waals surface area contributed by atoms with Crippen LogP contribution in [0.15, 0.2) is 24.3 Å². The highest BCUT2D eigenvalue weighted by molar-refractivity contribution is 7.89. The van der Waals surface area contributed by atoms with Gasteiger partial charge in [-0.05, 0) is 12.1 Å². The lowest BCUT2D eigenvalue weighted by Crippen LogP contribution is -3.07. The van der Waals surface area contributed by atoms with Crippen LogP contribution in [0.1, 0.15) is 11.6 Å². The van der Waals surface area contributed by atoms with Crippen molar-refractivity contribution in [3.63, 3.8) is 0 Å². The number of benzene rings is 1. The molecular formula is C15H28N3O3S+. The Labute approximate surface area is 134 Å². The van der Waals surface area contributed by atoms with E-state index in [-0.39, 0.29) is 18.4 Å². The number of rotatable bonds is 9. The van der Waals surface area contributed by atoms with Crippen molar-refractivity contribution in [3.05, 3.63) is 29.8 Å². The van der Waals surface area contributed by atoms with E-state index in [0.717, 1.165) is 11.3 Å². The third-order valence-corrected chi connectivity index (χ3v) is 4.88. The van der Waals surface area contributed by atoms with E-state index >= 15 is 0 Å². The summed E-state index contributed by atoms with van der Waals surface area (Å²) in [6.07, 6.45) is 0. The van der Waals surface area contributed by atoms with Gasteiger partial charge in [-0.1, -0.05) is 12.1 Å². The summed E-state index contributed by atoms with van der Waals surface area (Å²) in [5.41, 5.74) is 2.23. The molecule has 0 aromatic heterocycles. The van der Waals surface area contributed by atoms with Crippen LogP contribution in [0.3, 0.4) is 0 Å². The van der Waals surface area contributed by atoms with Crippen LogP contribution in [0, 0.1) is 0 Å². The topological polar surface area (TPSA) is 63.1 Å². The van der Waals surface area contributed by atoms with E-state index in [1.54, 1.807) is 0 Å². The molecule has 0 fully saturated rings. The molecule has 0 heterocycles. The molecule has 0 aliphatic rings. The second-order valence-corrected chi connectivity index (χ2v) is 7.70. The van der Waals surface area contributed by atoms with Crippen LogP contribution in [0.5, 0.6) is 0 Å². The molecule has 0 bridgehead atoms. The maximum absolute atomic E-state index is 11.9. The first-order valence-corrected chi connectivity index (χ1v) is 8.95. The van der Waals surface area contributed by atoms with Crippen molar-refractivity contribution in [2.75, 3.05) is 59.1 Å². The van der Waals surface area contributed by atoms with E-state index in [4.69, 9.17) is 4.74 Å². The van der Waals surface area contributed by atoms with E-state index < -0.39 is 10.0 Å². The summed E-state index contributed by atoms with van der Waals surface area (Å²) < 4.78 is 31.3. The van der Waals surface area contributed by atoms with Gasteiger partial charge in [0.25, 0.3) is 0 Å². The molecule has 0 saturated heterocycles. The van der Waals surface area contributed by atoms with Gasteiger partial charge in [-0.2, -0.15) is 0 Å². The first-order valence-electron chi connectivity index (χ1n) is 7.30. The van der Waals surface area contributed by atoms with Crippen molar-refractivity contribution in [3.8, 4) is 0 Å². The van der Waals surface area contributed by atoms with E-state index in [1.807, 2.05) is 45.2 Å². The fourth-order valence-corrected chi connectivity index (χ4v) is 3.09. The number of sulfonamides is 1. The quantitative estimate of drug-likeness (QED) is 0.641. The van der Waals surface area contributed by atoms with Gasteiger partial charge in [0.05, 0.1) is 33.0 Å². The molecule has 6 nitrogen and oxygen atoms in total. The van der Waals surface area contributed by atoms with E-state index in [9.17, 15) is 8.42 Å². The maximum Gasteiger partial charge on any atom is 0.214 e. The number of nitrogens with one attached hydrogen (secondary N) is 2. The van der Waals surface area contributed by atoms with Crippen molar-refractivity contribution < 1.29 is 18.1 Å². The summed E-state index contributed by atoms with van der Waals surface area (Å²) in [5.74, 6) is -0.0153. The Morgan fingerprint density at radius 3 is 2.27 bits per heavy atom.